The van der Waals surface area contributed by atoms with Crippen LogP contribution in [0.5, 0.6) is 0 Å². The van der Waals surface area contributed by atoms with E-state index in [1.54, 1.807) is 12.3 Å². The van der Waals surface area contributed by atoms with E-state index in [4.69, 9.17) is 0 Å². The first-order valence-corrected chi connectivity index (χ1v) is 5.89. The Morgan fingerprint density at radius 2 is 1.95 bits per heavy atom. The van der Waals surface area contributed by atoms with E-state index in [-0.39, 0.29) is 10.6 Å². The average molecular weight is 253 g/mol. The van der Waals surface area contributed by atoms with Crippen LogP contribution in [-0.2, 0) is 6.42 Å². The van der Waals surface area contributed by atoms with Crippen molar-refractivity contribution >= 4 is 16.6 Å². The number of H-pyrrole nitrogens is 1. The van der Waals surface area contributed by atoms with Crippen LogP contribution in [0.2, 0.25) is 0 Å². The number of hydrogen-bond donors (Lipinski definition) is 1. The van der Waals surface area contributed by atoms with Gasteiger partial charge in [0, 0.05) is 23.4 Å². The van der Waals surface area contributed by atoms with Crippen LogP contribution in [0.1, 0.15) is 11.1 Å². The lowest BCUT2D eigenvalue weighted by molar-refractivity contribution is -0.385. The summed E-state index contributed by atoms with van der Waals surface area (Å²) < 4.78 is 0. The quantitative estimate of drug-likeness (QED) is 0.576. The molecular formula is C14H11N3O2. The SMILES string of the molecule is O=[N+]([O-])c1ccc2[nH]ncc2c1Cc1ccccc1. The minimum absolute atomic E-state index is 0.137. The minimum Gasteiger partial charge on any atom is -0.278 e. The molecule has 0 saturated carbocycles. The molecule has 0 aliphatic carbocycles. The van der Waals surface area contributed by atoms with Crippen LogP contribution in [0.25, 0.3) is 10.9 Å². The summed E-state index contributed by atoms with van der Waals surface area (Å²) in [7, 11) is 0. The second-order valence-electron chi connectivity index (χ2n) is 4.31. The first-order valence-electron chi connectivity index (χ1n) is 5.89. The lowest BCUT2D eigenvalue weighted by Crippen LogP contribution is -1.97. The van der Waals surface area contributed by atoms with Gasteiger partial charge in [0.1, 0.15) is 0 Å². The van der Waals surface area contributed by atoms with E-state index >= 15 is 0 Å². The molecule has 1 aromatic heterocycles. The fourth-order valence-corrected chi connectivity index (χ4v) is 2.22. The van der Waals surface area contributed by atoms with E-state index in [2.05, 4.69) is 10.2 Å². The monoisotopic (exact) mass is 253 g/mol. The molecule has 5 heteroatoms. The first kappa shape index (κ1) is 11.4. The number of aromatic nitrogens is 2. The second kappa shape index (κ2) is 4.53. The van der Waals surface area contributed by atoms with E-state index < -0.39 is 0 Å². The Morgan fingerprint density at radius 1 is 1.16 bits per heavy atom. The Morgan fingerprint density at radius 3 is 2.68 bits per heavy atom. The number of fused-ring (bicyclic) bond motifs is 1. The molecule has 2 aromatic carbocycles. The summed E-state index contributed by atoms with van der Waals surface area (Å²) in [6, 6.07) is 12.9. The third-order valence-corrected chi connectivity index (χ3v) is 3.13. The highest BCUT2D eigenvalue weighted by Crippen LogP contribution is 2.28. The number of benzene rings is 2. The van der Waals surface area contributed by atoms with Crippen molar-refractivity contribution in [3.8, 4) is 0 Å². The Bertz CT molecular complexity index is 735. The molecule has 0 bridgehead atoms. The van der Waals surface area contributed by atoms with Gasteiger partial charge in [-0.05, 0) is 11.6 Å². The van der Waals surface area contributed by atoms with Crippen LogP contribution >= 0.6 is 0 Å². The zero-order valence-electron chi connectivity index (χ0n) is 10.0. The summed E-state index contributed by atoms with van der Waals surface area (Å²) in [4.78, 5) is 10.8. The zero-order chi connectivity index (χ0) is 13.2. The summed E-state index contributed by atoms with van der Waals surface area (Å²) in [5, 5.41) is 18.8. The van der Waals surface area contributed by atoms with Crippen LogP contribution in [0, 0.1) is 10.1 Å². The van der Waals surface area contributed by atoms with Crippen LogP contribution in [0.15, 0.2) is 48.7 Å². The van der Waals surface area contributed by atoms with Gasteiger partial charge in [-0.25, -0.2) is 0 Å². The van der Waals surface area contributed by atoms with Gasteiger partial charge in [0.05, 0.1) is 16.6 Å². The molecule has 0 aliphatic heterocycles. The topological polar surface area (TPSA) is 71.8 Å². The van der Waals surface area contributed by atoms with E-state index in [0.717, 1.165) is 16.5 Å². The summed E-state index contributed by atoms with van der Waals surface area (Å²) >= 11 is 0. The molecule has 1 heterocycles. The molecule has 0 aliphatic rings. The molecule has 5 nitrogen and oxygen atoms in total. The number of nitrogens with zero attached hydrogens (tertiary/aromatic N) is 2. The largest absolute Gasteiger partial charge is 0.278 e. The second-order valence-corrected chi connectivity index (χ2v) is 4.31. The van der Waals surface area contributed by atoms with E-state index in [1.807, 2.05) is 30.3 Å². The van der Waals surface area contributed by atoms with Gasteiger partial charge in [0.15, 0.2) is 0 Å². The standard InChI is InChI=1S/C14H11N3O2/c18-17(19)14-7-6-13-12(9-15-16-13)11(14)8-10-4-2-1-3-5-10/h1-7,9H,8H2,(H,15,16). The minimum atomic E-state index is -0.343. The van der Waals surface area contributed by atoms with Gasteiger partial charge in [0.2, 0.25) is 0 Å². The van der Waals surface area contributed by atoms with Crippen molar-refractivity contribution in [1.29, 1.82) is 0 Å². The summed E-state index contributed by atoms with van der Waals surface area (Å²) in [6.45, 7) is 0. The Balaban J connectivity index is 2.16. The van der Waals surface area contributed by atoms with Crippen molar-refractivity contribution in [2.45, 2.75) is 6.42 Å². The van der Waals surface area contributed by atoms with Crippen molar-refractivity contribution in [3.63, 3.8) is 0 Å². The number of nitrogens with one attached hydrogen (secondary N) is 1. The molecule has 0 spiro atoms. The summed E-state index contributed by atoms with van der Waals surface area (Å²) in [5.74, 6) is 0. The third-order valence-electron chi connectivity index (χ3n) is 3.13. The number of hydrogen-bond acceptors (Lipinski definition) is 3. The van der Waals surface area contributed by atoms with Gasteiger partial charge in [-0.2, -0.15) is 5.10 Å². The predicted molar refractivity (Wildman–Crippen MR) is 72.0 cm³/mol. The smallest absolute Gasteiger partial charge is 0.273 e. The predicted octanol–water partition coefficient (Wildman–Crippen LogP) is 3.06. The molecule has 0 radical (unpaired) electrons. The normalized spacial score (nSPS) is 10.7. The van der Waals surface area contributed by atoms with Crippen LogP contribution in [0.3, 0.4) is 0 Å². The molecule has 0 amide bonds. The fraction of sp³-hybridized carbons (Fsp3) is 0.0714. The van der Waals surface area contributed by atoms with Crippen LogP contribution in [0.4, 0.5) is 5.69 Å². The van der Waals surface area contributed by atoms with E-state index in [0.29, 0.717) is 12.0 Å². The van der Waals surface area contributed by atoms with E-state index in [9.17, 15) is 10.1 Å². The van der Waals surface area contributed by atoms with Crippen molar-refractivity contribution < 1.29 is 4.92 Å². The fourth-order valence-electron chi connectivity index (χ4n) is 2.22. The van der Waals surface area contributed by atoms with E-state index in [1.165, 1.54) is 6.07 Å². The van der Waals surface area contributed by atoms with Gasteiger partial charge >= 0.3 is 0 Å². The van der Waals surface area contributed by atoms with Gasteiger partial charge in [-0.3, -0.25) is 15.2 Å². The Hall–Kier alpha value is -2.69. The highest BCUT2D eigenvalue weighted by atomic mass is 16.6. The first-order chi connectivity index (χ1) is 9.25. The molecule has 0 saturated heterocycles. The Kier molecular flexibility index (Phi) is 2.72. The van der Waals surface area contributed by atoms with Gasteiger partial charge < -0.3 is 0 Å². The average Bonchev–Trinajstić information content (AvgIpc) is 2.88. The highest BCUT2D eigenvalue weighted by molar-refractivity contribution is 5.85. The number of nitro groups is 1. The molecule has 3 aromatic rings. The van der Waals surface area contributed by atoms with Crippen molar-refractivity contribution in [2.24, 2.45) is 0 Å². The zero-order valence-corrected chi connectivity index (χ0v) is 10.0. The van der Waals surface area contributed by atoms with Crippen molar-refractivity contribution in [1.82, 2.24) is 10.2 Å². The van der Waals surface area contributed by atoms with Crippen LogP contribution in [-0.4, -0.2) is 15.1 Å². The van der Waals surface area contributed by atoms with Gasteiger partial charge in [-0.1, -0.05) is 30.3 Å². The molecular weight excluding hydrogens is 242 g/mol. The molecule has 94 valence electrons. The number of aromatic amines is 1. The summed E-state index contributed by atoms with van der Waals surface area (Å²) in [5.41, 5.74) is 2.69. The lowest BCUT2D eigenvalue weighted by atomic mass is 10.00. The van der Waals surface area contributed by atoms with Crippen molar-refractivity contribution in [2.75, 3.05) is 0 Å². The summed E-state index contributed by atoms with van der Waals surface area (Å²) in [6.07, 6.45) is 2.16. The maximum atomic E-state index is 11.2. The molecule has 0 unspecified atom stereocenters. The number of rotatable bonds is 3. The maximum absolute atomic E-state index is 11.2. The molecule has 19 heavy (non-hydrogen) atoms. The molecule has 1 N–H and O–H groups in total. The number of nitro benzene ring substituents is 1. The third kappa shape index (κ3) is 2.06. The molecule has 3 rings (SSSR count). The van der Waals surface area contributed by atoms with Crippen molar-refractivity contribution in [3.05, 3.63) is 69.9 Å². The van der Waals surface area contributed by atoms with Crippen LogP contribution < -0.4 is 0 Å². The lowest BCUT2D eigenvalue weighted by Gasteiger charge is -2.04. The molecule has 0 atom stereocenters. The van der Waals surface area contributed by atoms with Gasteiger partial charge in [0.25, 0.3) is 5.69 Å². The van der Waals surface area contributed by atoms with Gasteiger partial charge in [-0.15, -0.1) is 0 Å². The maximum Gasteiger partial charge on any atom is 0.273 e. The highest BCUT2D eigenvalue weighted by Gasteiger charge is 2.17. The Labute approximate surface area is 109 Å². The molecule has 0 fully saturated rings.